The first-order valence-corrected chi connectivity index (χ1v) is 8.38. The number of nitrogens with zero attached hydrogens (tertiary/aromatic N) is 1. The average Bonchev–Trinajstić information content (AvgIpc) is 2.60. The first-order chi connectivity index (χ1) is 12.4. The molecule has 0 saturated heterocycles. The van der Waals surface area contributed by atoms with Gasteiger partial charge in [-0.05, 0) is 52.7 Å². The van der Waals surface area contributed by atoms with E-state index in [1.54, 1.807) is 24.3 Å². The van der Waals surface area contributed by atoms with E-state index in [1.165, 1.54) is 13.3 Å². The van der Waals surface area contributed by atoms with Gasteiger partial charge in [0.1, 0.15) is 0 Å². The van der Waals surface area contributed by atoms with Crippen LogP contribution in [0.4, 0.5) is 0 Å². The zero-order valence-corrected chi connectivity index (χ0v) is 15.9. The first-order valence-electron chi connectivity index (χ1n) is 7.59. The van der Waals surface area contributed by atoms with Gasteiger partial charge in [-0.25, -0.2) is 5.43 Å². The van der Waals surface area contributed by atoms with Gasteiger partial charge in [-0.2, -0.15) is 5.10 Å². The van der Waals surface area contributed by atoms with Gasteiger partial charge in [0.05, 0.1) is 17.8 Å². The van der Waals surface area contributed by atoms with Crippen molar-refractivity contribution in [1.82, 2.24) is 5.43 Å². The quantitative estimate of drug-likeness (QED) is 0.530. The molecular weight excluding hydrogens is 402 g/mol. The van der Waals surface area contributed by atoms with Gasteiger partial charge in [-0.15, -0.1) is 0 Å². The Morgan fingerprint density at radius 2 is 1.96 bits per heavy atom. The fraction of sp³-hybridized carbons (Fsp3) is 0.167. The number of nitrogens with two attached hydrogens (primary N) is 1. The zero-order chi connectivity index (χ0) is 19.1. The lowest BCUT2D eigenvalue weighted by molar-refractivity contribution is -0.119. The smallest absolute Gasteiger partial charge is 0.271 e. The minimum absolute atomic E-state index is 0.269. The molecule has 0 bridgehead atoms. The van der Waals surface area contributed by atoms with Crippen LogP contribution < -0.4 is 20.6 Å². The van der Waals surface area contributed by atoms with Crippen molar-refractivity contribution in [3.05, 3.63) is 57.6 Å². The molecule has 26 heavy (non-hydrogen) atoms. The molecule has 136 valence electrons. The third-order valence-corrected chi connectivity index (χ3v) is 3.89. The van der Waals surface area contributed by atoms with E-state index < -0.39 is 5.91 Å². The number of primary amides is 1. The van der Waals surface area contributed by atoms with Crippen molar-refractivity contribution in [3.63, 3.8) is 0 Å². The largest absolute Gasteiger partial charge is 0.493 e. The van der Waals surface area contributed by atoms with E-state index in [4.69, 9.17) is 15.2 Å². The van der Waals surface area contributed by atoms with Crippen molar-refractivity contribution in [2.24, 2.45) is 10.8 Å². The Morgan fingerprint density at radius 1 is 1.27 bits per heavy atom. The molecule has 0 spiro atoms. The topological polar surface area (TPSA) is 103 Å². The third kappa shape index (κ3) is 5.32. The van der Waals surface area contributed by atoms with Gasteiger partial charge >= 0.3 is 0 Å². The van der Waals surface area contributed by atoms with Crippen LogP contribution in [-0.2, 0) is 4.79 Å². The van der Waals surface area contributed by atoms with Gasteiger partial charge in [0.15, 0.2) is 18.1 Å². The van der Waals surface area contributed by atoms with Crippen molar-refractivity contribution >= 4 is 34.0 Å². The Labute approximate surface area is 159 Å². The summed E-state index contributed by atoms with van der Waals surface area (Å²) < 4.78 is 11.1. The van der Waals surface area contributed by atoms with Crippen LogP contribution >= 0.6 is 15.9 Å². The number of hydrazone groups is 1. The second-order valence-corrected chi connectivity index (χ2v) is 6.21. The van der Waals surface area contributed by atoms with E-state index in [0.717, 1.165) is 5.56 Å². The number of methoxy groups -OCH3 is 1. The summed E-state index contributed by atoms with van der Waals surface area (Å²) in [6.07, 6.45) is 1.47. The van der Waals surface area contributed by atoms with Crippen molar-refractivity contribution in [2.45, 2.75) is 6.92 Å². The minimum atomic E-state index is -0.594. The molecule has 2 aromatic rings. The average molecular weight is 420 g/mol. The summed E-state index contributed by atoms with van der Waals surface area (Å²) in [7, 11) is 1.47. The minimum Gasteiger partial charge on any atom is -0.493 e. The van der Waals surface area contributed by atoms with E-state index in [-0.39, 0.29) is 12.5 Å². The lowest BCUT2D eigenvalue weighted by Crippen LogP contribution is -2.20. The number of rotatable bonds is 7. The van der Waals surface area contributed by atoms with Gasteiger partial charge < -0.3 is 15.2 Å². The Morgan fingerprint density at radius 3 is 2.58 bits per heavy atom. The molecule has 0 fully saturated rings. The molecule has 0 aliphatic carbocycles. The summed E-state index contributed by atoms with van der Waals surface area (Å²) >= 11 is 3.35. The zero-order valence-electron chi connectivity index (χ0n) is 14.3. The maximum absolute atomic E-state index is 12.0. The predicted octanol–water partition coefficient (Wildman–Crippen LogP) is 2.39. The lowest BCUT2D eigenvalue weighted by atomic mass is 10.1. The van der Waals surface area contributed by atoms with Gasteiger partial charge in [-0.3, -0.25) is 9.59 Å². The van der Waals surface area contributed by atoms with Crippen LogP contribution in [0.25, 0.3) is 0 Å². The Kier molecular flexibility index (Phi) is 6.74. The molecule has 0 unspecified atom stereocenters. The second-order valence-electron chi connectivity index (χ2n) is 5.35. The van der Waals surface area contributed by atoms with Crippen LogP contribution in [0.2, 0.25) is 0 Å². The highest BCUT2D eigenvalue weighted by atomic mass is 79.9. The third-order valence-electron chi connectivity index (χ3n) is 3.30. The summed E-state index contributed by atoms with van der Waals surface area (Å²) in [5.41, 5.74) is 9.78. The number of benzene rings is 2. The number of ether oxygens (including phenoxy) is 2. The number of nitrogens with one attached hydrogen (secondary N) is 1. The molecule has 0 saturated carbocycles. The monoisotopic (exact) mass is 419 g/mol. The summed E-state index contributed by atoms with van der Waals surface area (Å²) in [5, 5.41) is 3.94. The summed E-state index contributed by atoms with van der Waals surface area (Å²) in [6.45, 7) is 1.68. The predicted molar refractivity (Wildman–Crippen MR) is 102 cm³/mol. The molecular formula is C18H18BrN3O4. The highest BCUT2D eigenvalue weighted by molar-refractivity contribution is 9.10. The van der Waals surface area contributed by atoms with E-state index in [0.29, 0.717) is 27.1 Å². The summed E-state index contributed by atoms with van der Waals surface area (Å²) in [6, 6.07) is 10.5. The molecule has 7 nitrogen and oxygen atoms in total. The van der Waals surface area contributed by atoms with Gasteiger partial charge in [-0.1, -0.05) is 17.7 Å². The fourth-order valence-corrected chi connectivity index (χ4v) is 2.61. The number of aryl methyl sites for hydroxylation is 1. The number of carbonyl (C=O) groups is 2. The molecule has 3 N–H and O–H groups in total. The molecule has 0 heterocycles. The molecule has 0 aliphatic rings. The number of halogens is 1. The molecule has 0 aromatic heterocycles. The highest BCUT2D eigenvalue weighted by Crippen LogP contribution is 2.36. The number of carbonyl (C=O) groups excluding carboxylic acids is 2. The SMILES string of the molecule is COc1cc(/C=N/NC(=O)c2ccc(C)cc2)cc(Br)c1OCC(N)=O. The molecule has 0 aliphatic heterocycles. The normalized spacial score (nSPS) is 10.6. The maximum atomic E-state index is 12.0. The number of hydrogen-bond acceptors (Lipinski definition) is 5. The summed E-state index contributed by atoms with van der Waals surface area (Å²) in [5.74, 6) is -0.156. The van der Waals surface area contributed by atoms with Crippen molar-refractivity contribution in [1.29, 1.82) is 0 Å². The van der Waals surface area contributed by atoms with Crippen molar-refractivity contribution in [2.75, 3.05) is 13.7 Å². The van der Waals surface area contributed by atoms with Crippen molar-refractivity contribution in [3.8, 4) is 11.5 Å². The van der Waals surface area contributed by atoms with Gasteiger partial charge in [0.25, 0.3) is 11.8 Å². The van der Waals surface area contributed by atoms with Crippen LogP contribution in [0, 0.1) is 6.92 Å². The van der Waals surface area contributed by atoms with Crippen LogP contribution in [0.5, 0.6) is 11.5 Å². The van der Waals surface area contributed by atoms with Crippen LogP contribution in [0.1, 0.15) is 21.5 Å². The van der Waals surface area contributed by atoms with Crippen molar-refractivity contribution < 1.29 is 19.1 Å². The molecule has 0 radical (unpaired) electrons. The Bertz CT molecular complexity index is 835. The van der Waals surface area contributed by atoms with Crippen LogP contribution in [0.3, 0.4) is 0 Å². The van der Waals surface area contributed by atoms with E-state index in [1.807, 2.05) is 19.1 Å². The molecule has 0 atom stereocenters. The van der Waals surface area contributed by atoms with E-state index >= 15 is 0 Å². The Balaban J connectivity index is 2.09. The van der Waals surface area contributed by atoms with E-state index in [9.17, 15) is 9.59 Å². The van der Waals surface area contributed by atoms with Gasteiger partial charge in [0, 0.05) is 5.56 Å². The van der Waals surface area contributed by atoms with Crippen LogP contribution in [-0.4, -0.2) is 31.7 Å². The fourth-order valence-electron chi connectivity index (χ4n) is 2.03. The van der Waals surface area contributed by atoms with E-state index in [2.05, 4.69) is 26.5 Å². The van der Waals surface area contributed by atoms with Crippen LogP contribution in [0.15, 0.2) is 46.0 Å². The molecule has 8 heteroatoms. The number of amides is 2. The lowest BCUT2D eigenvalue weighted by Gasteiger charge is -2.12. The molecule has 2 aromatic carbocycles. The number of hydrogen-bond donors (Lipinski definition) is 2. The van der Waals surface area contributed by atoms with Gasteiger partial charge in [0.2, 0.25) is 0 Å². The highest BCUT2D eigenvalue weighted by Gasteiger charge is 2.12. The summed E-state index contributed by atoms with van der Waals surface area (Å²) in [4.78, 5) is 22.9. The second kappa shape index (κ2) is 9.00. The first kappa shape index (κ1) is 19.5. The standard InChI is InChI=1S/C18H18BrN3O4/c1-11-3-5-13(6-4-11)18(24)22-21-9-12-7-14(19)17(15(8-12)25-2)26-10-16(20)23/h3-9H,10H2,1-2H3,(H2,20,23)(H,22,24)/b21-9+. The Hall–Kier alpha value is -2.87. The molecule has 2 rings (SSSR count). The molecule has 2 amide bonds. The maximum Gasteiger partial charge on any atom is 0.271 e.